The lowest BCUT2D eigenvalue weighted by Gasteiger charge is -2.30. The molecule has 0 saturated carbocycles. The standard InChI is InChI=1S/C6H25NSi5/c1-5(2)7(6(3)4)9-11-12-10-8/h5-6H,9-12H2,1-4,8H3. The highest BCUT2D eigenvalue weighted by atomic mass is 29.8. The van der Waals surface area contributed by atoms with Gasteiger partial charge < -0.3 is 4.57 Å². The zero-order valence-electron chi connectivity index (χ0n) is 9.43. The predicted molar refractivity (Wildman–Crippen MR) is 76.2 cm³/mol. The highest BCUT2D eigenvalue weighted by Gasteiger charge is 2.11. The first kappa shape index (κ1) is 13.0. The van der Waals surface area contributed by atoms with Gasteiger partial charge in [0.05, 0.1) is 9.20 Å². The summed E-state index contributed by atoms with van der Waals surface area (Å²) >= 11 is 0. The van der Waals surface area contributed by atoms with Gasteiger partial charge in [-0.2, -0.15) is 0 Å². The van der Waals surface area contributed by atoms with Crippen LogP contribution in [-0.2, 0) is 0 Å². The molecule has 6 heteroatoms. The van der Waals surface area contributed by atoms with Gasteiger partial charge in [-0.05, 0) is 39.0 Å². The fraction of sp³-hybridized carbons (Fsp3) is 1.00. The van der Waals surface area contributed by atoms with Crippen molar-refractivity contribution in [2.24, 2.45) is 0 Å². The van der Waals surface area contributed by atoms with Crippen LogP contribution < -0.4 is 0 Å². The highest BCUT2D eigenvalue weighted by molar-refractivity contribution is 7.51. The summed E-state index contributed by atoms with van der Waals surface area (Å²) in [5.41, 5.74) is 0. The Bertz CT molecular complexity index is 100. The Labute approximate surface area is 89.0 Å². The second-order valence-electron chi connectivity index (χ2n) is 4.13. The monoisotopic (exact) mass is 251 g/mol. The van der Waals surface area contributed by atoms with E-state index in [1.165, 1.54) is 0 Å². The lowest BCUT2D eigenvalue weighted by atomic mass is 10.3. The van der Waals surface area contributed by atoms with E-state index < -0.39 is 0 Å². The van der Waals surface area contributed by atoms with Crippen molar-refractivity contribution >= 4 is 44.6 Å². The van der Waals surface area contributed by atoms with Gasteiger partial charge in [0.15, 0.2) is 0 Å². The molecule has 1 nitrogen and oxygen atoms in total. The zero-order valence-corrected chi connectivity index (χ0v) is 17.1. The Morgan fingerprint density at radius 2 is 1.50 bits per heavy atom. The summed E-state index contributed by atoms with van der Waals surface area (Å²) in [6.07, 6.45) is 0. The number of hydrogen-bond donors (Lipinski definition) is 0. The van der Waals surface area contributed by atoms with Crippen molar-refractivity contribution in [1.29, 1.82) is 0 Å². The van der Waals surface area contributed by atoms with Crippen molar-refractivity contribution in [2.75, 3.05) is 0 Å². The summed E-state index contributed by atoms with van der Waals surface area (Å²) in [6.45, 7) is 9.50. The molecule has 74 valence electrons. The third kappa shape index (κ3) is 5.65. The fourth-order valence-corrected chi connectivity index (χ4v) is 80.0. The molecule has 0 N–H and O–H groups in total. The van der Waals surface area contributed by atoms with Gasteiger partial charge in [-0.3, -0.25) is 0 Å². The summed E-state index contributed by atoms with van der Waals surface area (Å²) < 4.78 is 2.84. The molecule has 0 aliphatic heterocycles. The predicted octanol–water partition coefficient (Wildman–Crippen LogP) is -3.28. The van der Waals surface area contributed by atoms with Crippen molar-refractivity contribution in [1.82, 2.24) is 4.57 Å². The molecule has 0 unspecified atom stereocenters. The molecule has 0 amide bonds. The number of rotatable bonds is 6. The lowest BCUT2D eigenvalue weighted by Crippen LogP contribution is -2.44. The molecule has 12 heavy (non-hydrogen) atoms. The van der Waals surface area contributed by atoms with Crippen molar-refractivity contribution in [3.05, 3.63) is 0 Å². The zero-order chi connectivity index (χ0) is 9.56. The van der Waals surface area contributed by atoms with Gasteiger partial charge in [0.25, 0.3) is 0 Å². The van der Waals surface area contributed by atoms with Crippen molar-refractivity contribution in [3.8, 4) is 0 Å². The van der Waals surface area contributed by atoms with Crippen LogP contribution in [0.1, 0.15) is 27.7 Å². The first-order chi connectivity index (χ1) is 5.59. The molecule has 0 aliphatic rings. The van der Waals surface area contributed by atoms with Gasteiger partial charge in [-0.1, -0.05) is 27.7 Å². The van der Waals surface area contributed by atoms with Crippen LogP contribution >= 0.6 is 0 Å². The first-order valence-corrected chi connectivity index (χ1v) is 23.6. The normalized spacial score (nSPS) is 16.2. The minimum atomic E-state index is 0.310. The number of hydrogen-bond acceptors (Lipinski definition) is 1. The fourth-order valence-electron chi connectivity index (χ4n) is 1.66. The quantitative estimate of drug-likeness (QED) is 0.354. The average molecular weight is 252 g/mol. The topological polar surface area (TPSA) is 3.24 Å². The average Bonchev–Trinajstić information content (AvgIpc) is 1.96. The van der Waals surface area contributed by atoms with E-state index in [4.69, 9.17) is 0 Å². The van der Waals surface area contributed by atoms with Gasteiger partial charge in [0, 0.05) is 8.55 Å². The molecule has 0 aromatic carbocycles. The summed E-state index contributed by atoms with van der Waals surface area (Å²) in [5, 5.41) is 0. The van der Waals surface area contributed by atoms with Crippen molar-refractivity contribution < 1.29 is 0 Å². The molecule has 0 heterocycles. The minimum absolute atomic E-state index is 0.310. The minimum Gasteiger partial charge on any atom is -0.328 e. The van der Waals surface area contributed by atoms with Crippen LogP contribution in [0.4, 0.5) is 0 Å². The van der Waals surface area contributed by atoms with Crippen LogP contribution in [0.2, 0.25) is 0 Å². The van der Waals surface area contributed by atoms with Crippen LogP contribution in [0.5, 0.6) is 0 Å². The first-order valence-electron chi connectivity index (χ1n) is 5.35. The van der Waals surface area contributed by atoms with Gasteiger partial charge >= 0.3 is 0 Å². The summed E-state index contributed by atoms with van der Waals surface area (Å²) in [4.78, 5) is 0. The Hall–Kier alpha value is 1.04. The molecule has 0 aliphatic carbocycles. The summed E-state index contributed by atoms with van der Waals surface area (Å²) in [6, 6.07) is 1.68. The Morgan fingerprint density at radius 1 is 1.00 bits per heavy atom. The molecule has 0 atom stereocenters. The maximum Gasteiger partial charge on any atom is 0.0767 e. The largest absolute Gasteiger partial charge is 0.328 e. The molecule has 0 aromatic heterocycles. The Kier molecular flexibility index (Phi) is 8.10. The Balaban J connectivity index is 3.64. The molecule has 0 fully saturated rings. The van der Waals surface area contributed by atoms with E-state index in [1.54, 1.807) is 9.76 Å². The van der Waals surface area contributed by atoms with Gasteiger partial charge in [-0.15, -0.1) is 0 Å². The third-order valence-electron chi connectivity index (χ3n) is 2.35. The van der Waals surface area contributed by atoms with E-state index in [-0.39, 0.29) is 0 Å². The molecular formula is C6H25NSi5. The van der Waals surface area contributed by atoms with Crippen LogP contribution in [0, 0.1) is 0 Å². The number of nitrogens with zero attached hydrogens (tertiary/aromatic N) is 1. The second kappa shape index (κ2) is 7.45. The SMILES string of the molecule is CC(C)N([SiH2][SiH2][SiH2][SiH2][SiH3])C(C)C. The van der Waals surface area contributed by atoms with Crippen LogP contribution in [-0.4, -0.2) is 61.3 Å². The molecule has 0 rings (SSSR count). The van der Waals surface area contributed by atoms with E-state index in [0.717, 1.165) is 12.1 Å². The van der Waals surface area contributed by atoms with E-state index in [1.807, 2.05) is 0 Å². The molecule has 0 aromatic rings. The molecule has 0 spiro atoms. The third-order valence-corrected chi connectivity index (χ3v) is 58.3. The Morgan fingerprint density at radius 3 is 1.83 bits per heavy atom. The highest BCUT2D eigenvalue weighted by Crippen LogP contribution is 2.01. The van der Waals surface area contributed by atoms with Crippen molar-refractivity contribution in [2.45, 2.75) is 39.8 Å². The molecule has 0 radical (unpaired) electrons. The summed E-state index contributed by atoms with van der Waals surface area (Å²) in [5.74, 6) is 0. The second-order valence-corrected chi connectivity index (χ2v) is 38.0. The van der Waals surface area contributed by atoms with E-state index in [2.05, 4.69) is 32.3 Å². The van der Waals surface area contributed by atoms with Crippen LogP contribution in [0.15, 0.2) is 0 Å². The summed E-state index contributed by atoms with van der Waals surface area (Å²) in [7, 11) is 3.86. The smallest absolute Gasteiger partial charge is 0.0767 e. The van der Waals surface area contributed by atoms with E-state index >= 15 is 0 Å². The molecule has 0 saturated heterocycles. The lowest BCUT2D eigenvalue weighted by molar-refractivity contribution is 0.317. The van der Waals surface area contributed by atoms with E-state index in [9.17, 15) is 0 Å². The molecular weight excluding hydrogens is 227 g/mol. The maximum absolute atomic E-state index is 2.84. The van der Waals surface area contributed by atoms with E-state index in [0.29, 0.717) is 34.9 Å². The molecule has 0 bridgehead atoms. The van der Waals surface area contributed by atoms with Gasteiger partial charge in [0.2, 0.25) is 0 Å². The maximum atomic E-state index is 2.84. The van der Waals surface area contributed by atoms with Crippen molar-refractivity contribution in [3.63, 3.8) is 0 Å². The van der Waals surface area contributed by atoms with Gasteiger partial charge in [-0.25, -0.2) is 0 Å². The van der Waals surface area contributed by atoms with Gasteiger partial charge in [0.1, 0.15) is 0 Å². The van der Waals surface area contributed by atoms with Crippen LogP contribution in [0.25, 0.3) is 0 Å². The van der Waals surface area contributed by atoms with Crippen LogP contribution in [0.3, 0.4) is 0 Å².